The number of aromatic nitrogens is 1. The van der Waals surface area contributed by atoms with Crippen LogP contribution >= 0.6 is 0 Å². The number of pyridine rings is 1. The van der Waals surface area contributed by atoms with E-state index in [0.717, 1.165) is 27.8 Å². The highest BCUT2D eigenvalue weighted by Crippen LogP contribution is 2.42. The SMILES string of the molecule is O=C1c2ccccc2-c2c(-c3ccccc3)[nH]c(=O)c3cccc1c23. The highest BCUT2D eigenvalue weighted by molar-refractivity contribution is 6.27. The Balaban J connectivity index is 2.05. The second-order valence-electron chi connectivity index (χ2n) is 6.17. The molecule has 0 fully saturated rings. The lowest BCUT2D eigenvalue weighted by Gasteiger charge is -2.22. The molecule has 1 aliphatic carbocycles. The van der Waals surface area contributed by atoms with Crippen LogP contribution in [0, 0.1) is 0 Å². The Bertz CT molecular complexity index is 1220. The number of aromatic amines is 1. The van der Waals surface area contributed by atoms with Gasteiger partial charge in [0.15, 0.2) is 5.78 Å². The third kappa shape index (κ3) is 1.86. The summed E-state index contributed by atoms with van der Waals surface area (Å²) in [5.74, 6) is -0.0293. The van der Waals surface area contributed by atoms with Gasteiger partial charge in [-0.1, -0.05) is 66.7 Å². The number of rotatable bonds is 1. The van der Waals surface area contributed by atoms with Crippen LogP contribution in [-0.2, 0) is 0 Å². The lowest BCUT2D eigenvalue weighted by Crippen LogP contribution is -2.16. The van der Waals surface area contributed by atoms with Crippen molar-refractivity contribution in [1.82, 2.24) is 4.98 Å². The lowest BCUT2D eigenvalue weighted by atomic mass is 9.81. The molecule has 0 unspecified atom stereocenters. The third-order valence-electron chi connectivity index (χ3n) is 4.80. The third-order valence-corrected chi connectivity index (χ3v) is 4.80. The van der Waals surface area contributed by atoms with E-state index in [1.807, 2.05) is 54.6 Å². The number of carbonyl (C=O) groups is 1. The first-order valence-corrected chi connectivity index (χ1v) is 8.14. The summed E-state index contributed by atoms with van der Waals surface area (Å²) in [4.78, 5) is 28.6. The quantitative estimate of drug-likeness (QED) is 0.497. The normalized spacial score (nSPS) is 12.2. The van der Waals surface area contributed by atoms with Crippen molar-refractivity contribution in [3.63, 3.8) is 0 Å². The fourth-order valence-electron chi connectivity index (χ4n) is 3.70. The van der Waals surface area contributed by atoms with Crippen molar-refractivity contribution < 1.29 is 4.79 Å². The molecule has 0 atom stereocenters. The highest BCUT2D eigenvalue weighted by atomic mass is 16.1. The zero-order chi connectivity index (χ0) is 17.0. The Morgan fingerprint density at radius 1 is 0.640 bits per heavy atom. The van der Waals surface area contributed by atoms with Crippen LogP contribution in [-0.4, -0.2) is 10.8 Å². The maximum atomic E-state index is 12.9. The molecule has 3 heteroatoms. The number of nitrogens with one attached hydrogen (secondary N) is 1. The van der Waals surface area contributed by atoms with Gasteiger partial charge in [-0.15, -0.1) is 0 Å². The maximum absolute atomic E-state index is 12.9. The molecule has 118 valence electrons. The van der Waals surface area contributed by atoms with Crippen LogP contribution in [0.15, 0.2) is 77.6 Å². The standard InChI is InChI=1S/C22H13NO2/c24-21-15-10-5-4-9-14(15)19-18-16(21)11-6-12-17(18)22(25)23-20(19)13-7-2-1-3-8-13/h1-12H,(H,23,25). The molecule has 0 spiro atoms. The monoisotopic (exact) mass is 323 g/mol. The summed E-state index contributed by atoms with van der Waals surface area (Å²) >= 11 is 0. The van der Waals surface area contributed by atoms with Gasteiger partial charge in [0.25, 0.3) is 5.56 Å². The summed E-state index contributed by atoms with van der Waals surface area (Å²) in [5, 5.41) is 1.30. The second kappa shape index (κ2) is 5.02. The largest absolute Gasteiger partial charge is 0.321 e. The minimum absolute atomic E-state index is 0.0293. The molecule has 25 heavy (non-hydrogen) atoms. The Morgan fingerprint density at radius 3 is 2.12 bits per heavy atom. The highest BCUT2D eigenvalue weighted by Gasteiger charge is 2.28. The second-order valence-corrected chi connectivity index (χ2v) is 6.17. The van der Waals surface area contributed by atoms with Gasteiger partial charge in [-0.2, -0.15) is 0 Å². The van der Waals surface area contributed by atoms with Crippen molar-refractivity contribution in [3.05, 3.63) is 94.3 Å². The van der Waals surface area contributed by atoms with Crippen molar-refractivity contribution in [2.24, 2.45) is 0 Å². The van der Waals surface area contributed by atoms with Crippen LogP contribution in [0.5, 0.6) is 0 Å². The smallest absolute Gasteiger partial charge is 0.256 e. The molecule has 1 heterocycles. The molecule has 0 saturated carbocycles. The van der Waals surface area contributed by atoms with Gasteiger partial charge < -0.3 is 4.98 Å². The molecular formula is C22H13NO2. The van der Waals surface area contributed by atoms with Gasteiger partial charge in [0.2, 0.25) is 0 Å². The average Bonchev–Trinajstić information content (AvgIpc) is 2.67. The van der Waals surface area contributed by atoms with E-state index in [-0.39, 0.29) is 11.3 Å². The van der Waals surface area contributed by atoms with Gasteiger partial charge in [-0.3, -0.25) is 9.59 Å². The molecule has 3 aromatic carbocycles. The van der Waals surface area contributed by atoms with Gasteiger partial charge in [-0.25, -0.2) is 0 Å². The van der Waals surface area contributed by atoms with E-state index in [1.165, 1.54) is 0 Å². The summed E-state index contributed by atoms with van der Waals surface area (Å²) < 4.78 is 0. The van der Waals surface area contributed by atoms with E-state index in [0.29, 0.717) is 16.5 Å². The topological polar surface area (TPSA) is 49.9 Å². The molecule has 1 aliphatic rings. The van der Waals surface area contributed by atoms with E-state index in [2.05, 4.69) is 4.98 Å². The van der Waals surface area contributed by atoms with E-state index in [1.54, 1.807) is 18.2 Å². The molecule has 0 saturated heterocycles. The number of ketones is 1. The van der Waals surface area contributed by atoms with Crippen molar-refractivity contribution >= 4 is 16.6 Å². The Kier molecular flexibility index (Phi) is 2.80. The summed E-state index contributed by atoms with van der Waals surface area (Å²) in [6.45, 7) is 0. The summed E-state index contributed by atoms with van der Waals surface area (Å²) in [7, 11) is 0. The number of fused-ring (bicyclic) bond motifs is 2. The minimum atomic E-state index is -0.174. The minimum Gasteiger partial charge on any atom is -0.321 e. The molecule has 0 bridgehead atoms. The molecule has 0 aliphatic heterocycles. The van der Waals surface area contributed by atoms with E-state index in [4.69, 9.17) is 0 Å². The maximum Gasteiger partial charge on any atom is 0.256 e. The molecule has 3 nitrogen and oxygen atoms in total. The van der Waals surface area contributed by atoms with Gasteiger partial charge in [0.05, 0.1) is 5.69 Å². The van der Waals surface area contributed by atoms with Crippen LogP contribution in [0.4, 0.5) is 0 Å². The first-order valence-electron chi connectivity index (χ1n) is 8.14. The summed E-state index contributed by atoms with van der Waals surface area (Å²) in [6.07, 6.45) is 0. The molecule has 1 N–H and O–H groups in total. The molecular weight excluding hydrogens is 310 g/mol. The fourth-order valence-corrected chi connectivity index (χ4v) is 3.70. The predicted octanol–water partition coefficient (Wildman–Crippen LogP) is 4.41. The van der Waals surface area contributed by atoms with Crippen molar-refractivity contribution in [2.45, 2.75) is 0 Å². The summed E-state index contributed by atoms with van der Waals surface area (Å²) in [5.41, 5.74) is 4.56. The van der Waals surface area contributed by atoms with Crippen LogP contribution in [0.1, 0.15) is 15.9 Å². The molecule has 5 rings (SSSR count). The van der Waals surface area contributed by atoms with Crippen molar-refractivity contribution in [3.8, 4) is 22.4 Å². The zero-order valence-electron chi connectivity index (χ0n) is 13.2. The summed E-state index contributed by atoms with van der Waals surface area (Å²) in [6, 6.07) is 22.7. The van der Waals surface area contributed by atoms with E-state index >= 15 is 0 Å². The molecule has 0 radical (unpaired) electrons. The average molecular weight is 323 g/mol. The van der Waals surface area contributed by atoms with Crippen LogP contribution in [0.2, 0.25) is 0 Å². The molecule has 4 aromatic rings. The van der Waals surface area contributed by atoms with Gasteiger partial charge in [0, 0.05) is 27.5 Å². The van der Waals surface area contributed by atoms with Gasteiger partial charge >= 0.3 is 0 Å². The number of carbonyl (C=O) groups excluding carboxylic acids is 1. The van der Waals surface area contributed by atoms with Crippen molar-refractivity contribution in [2.75, 3.05) is 0 Å². The Hall–Kier alpha value is -3.46. The fraction of sp³-hybridized carbons (Fsp3) is 0. The predicted molar refractivity (Wildman–Crippen MR) is 98.9 cm³/mol. The number of H-pyrrole nitrogens is 1. The van der Waals surface area contributed by atoms with Gasteiger partial charge in [-0.05, 0) is 17.2 Å². The molecule has 0 amide bonds. The van der Waals surface area contributed by atoms with E-state index in [9.17, 15) is 9.59 Å². The van der Waals surface area contributed by atoms with Gasteiger partial charge in [0.1, 0.15) is 0 Å². The Labute approximate surface area is 143 Å². The van der Waals surface area contributed by atoms with Crippen LogP contribution in [0.25, 0.3) is 33.2 Å². The van der Waals surface area contributed by atoms with Crippen molar-refractivity contribution in [1.29, 1.82) is 0 Å². The Morgan fingerprint density at radius 2 is 1.32 bits per heavy atom. The number of hydrogen-bond acceptors (Lipinski definition) is 2. The number of benzene rings is 3. The first-order chi connectivity index (χ1) is 12.3. The van der Waals surface area contributed by atoms with E-state index < -0.39 is 0 Å². The van der Waals surface area contributed by atoms with Crippen LogP contribution < -0.4 is 5.56 Å². The lowest BCUT2D eigenvalue weighted by molar-refractivity contribution is 0.104. The zero-order valence-corrected chi connectivity index (χ0v) is 13.2. The van der Waals surface area contributed by atoms with Crippen LogP contribution in [0.3, 0.4) is 0 Å². The molecule has 1 aromatic heterocycles. The number of hydrogen-bond donors (Lipinski definition) is 1. The first kappa shape index (κ1) is 13.9.